The fraction of sp³-hybridized carbons (Fsp3) is 0.278. The summed E-state index contributed by atoms with van der Waals surface area (Å²) in [6.07, 6.45) is 3.38. The van der Waals surface area contributed by atoms with Gasteiger partial charge in [-0.05, 0) is 12.1 Å². The Hall–Kier alpha value is -2.55. The van der Waals surface area contributed by atoms with Gasteiger partial charge in [-0.15, -0.1) is 0 Å². The number of aromatic amines is 1. The predicted octanol–water partition coefficient (Wildman–Crippen LogP) is 1.81. The van der Waals surface area contributed by atoms with Gasteiger partial charge >= 0.3 is 5.97 Å². The van der Waals surface area contributed by atoms with Gasteiger partial charge in [-0.1, -0.05) is 23.2 Å². The third-order valence-electron chi connectivity index (χ3n) is 4.53. The number of carbonyl (C=O) groups excluding carboxylic acids is 1. The number of amides is 1. The first kappa shape index (κ1) is 20.2. The molecule has 148 valence electrons. The van der Waals surface area contributed by atoms with Crippen LogP contribution in [0, 0.1) is 0 Å². The molecule has 0 atom stereocenters. The van der Waals surface area contributed by atoms with E-state index < -0.39 is 12.6 Å². The van der Waals surface area contributed by atoms with Crippen LogP contribution < -0.4 is 5.73 Å². The lowest BCUT2D eigenvalue weighted by Gasteiger charge is -2.27. The van der Waals surface area contributed by atoms with E-state index in [4.69, 9.17) is 39.1 Å². The number of aliphatic carboxylic acids is 1. The van der Waals surface area contributed by atoms with E-state index in [0.717, 1.165) is 16.6 Å². The summed E-state index contributed by atoms with van der Waals surface area (Å²) in [5.41, 5.74) is 9.52. The van der Waals surface area contributed by atoms with Crippen molar-refractivity contribution in [1.29, 1.82) is 0 Å². The van der Waals surface area contributed by atoms with Gasteiger partial charge in [0.2, 0.25) is 5.91 Å². The number of aliphatic hydroxyl groups excluding tert-OH is 1. The fourth-order valence-electron chi connectivity index (χ4n) is 3.23. The Balaban J connectivity index is 2.11. The Morgan fingerprint density at radius 2 is 2.14 bits per heavy atom. The molecule has 2 heterocycles. The molecule has 1 amide bonds. The Morgan fingerprint density at radius 3 is 2.82 bits per heavy atom. The summed E-state index contributed by atoms with van der Waals surface area (Å²) in [6.45, 7) is -0.134. The van der Waals surface area contributed by atoms with Crippen LogP contribution in [0.2, 0.25) is 10.0 Å². The van der Waals surface area contributed by atoms with E-state index in [-0.39, 0.29) is 12.5 Å². The first-order valence-corrected chi connectivity index (χ1v) is 9.16. The summed E-state index contributed by atoms with van der Waals surface area (Å²) in [6, 6.07) is 1.63. The number of carbonyl (C=O) groups is 2. The van der Waals surface area contributed by atoms with Crippen molar-refractivity contribution in [2.45, 2.75) is 13.0 Å². The number of halogens is 2. The van der Waals surface area contributed by atoms with Gasteiger partial charge in [0.15, 0.2) is 0 Å². The molecule has 28 heavy (non-hydrogen) atoms. The van der Waals surface area contributed by atoms with Gasteiger partial charge in [0.05, 0.1) is 15.6 Å². The Labute approximate surface area is 170 Å². The van der Waals surface area contributed by atoms with E-state index in [1.165, 1.54) is 12.3 Å². The van der Waals surface area contributed by atoms with Crippen molar-refractivity contribution in [3.05, 3.63) is 39.0 Å². The number of rotatable bonds is 5. The molecule has 0 radical (unpaired) electrons. The number of benzene rings is 1. The number of hydrogen-bond donors (Lipinski definition) is 4. The molecule has 0 unspecified atom stereocenters. The van der Waals surface area contributed by atoms with Gasteiger partial charge in [-0.2, -0.15) is 0 Å². The summed E-state index contributed by atoms with van der Waals surface area (Å²) in [7, 11) is 0. The molecule has 0 saturated carbocycles. The van der Waals surface area contributed by atoms with E-state index in [1.807, 2.05) is 0 Å². The number of allylic oxidation sites excluding steroid dienone is 1. The smallest absolute Gasteiger partial charge is 0.325 e. The lowest BCUT2D eigenvalue weighted by atomic mass is 9.99. The molecule has 0 spiro atoms. The third kappa shape index (κ3) is 3.84. The zero-order valence-corrected chi connectivity index (χ0v) is 16.2. The van der Waals surface area contributed by atoms with Crippen molar-refractivity contribution in [2.75, 3.05) is 19.7 Å². The Morgan fingerprint density at radius 1 is 1.39 bits per heavy atom. The van der Waals surface area contributed by atoms with Crippen molar-refractivity contribution >= 4 is 57.9 Å². The van der Waals surface area contributed by atoms with Crippen molar-refractivity contribution < 1.29 is 19.8 Å². The number of carboxylic acid groups (broad SMARTS) is 1. The van der Waals surface area contributed by atoms with Gasteiger partial charge in [-0.25, -0.2) is 0 Å². The number of aromatic nitrogens is 1. The highest BCUT2D eigenvalue weighted by molar-refractivity contribution is 6.45. The van der Waals surface area contributed by atoms with Gasteiger partial charge in [0.25, 0.3) is 0 Å². The van der Waals surface area contributed by atoms with Crippen molar-refractivity contribution in [1.82, 2.24) is 9.88 Å². The molecule has 5 N–H and O–H groups in total. The minimum absolute atomic E-state index is 0.306. The molecular formula is C18H18Cl2N4O4. The van der Waals surface area contributed by atoms with Crippen LogP contribution in [0.1, 0.15) is 16.8 Å². The van der Waals surface area contributed by atoms with E-state index >= 15 is 0 Å². The lowest BCUT2D eigenvalue weighted by Crippen LogP contribution is -2.37. The van der Waals surface area contributed by atoms with E-state index in [9.17, 15) is 9.59 Å². The molecular weight excluding hydrogens is 407 g/mol. The molecule has 3 rings (SSSR count). The lowest BCUT2D eigenvalue weighted by molar-refractivity contribution is -0.136. The maximum absolute atomic E-state index is 11.9. The standard InChI is InChI=1S/C18H18Cl2N4O4/c19-11-5-9(12(21)1-3-22-6-15(27)28)16-10-7-24(14(26)8-25)4-2-13(10)23-18(16)17(11)20/h1,3,5,23,25H,2,4,6-8,21H2,(H,27,28)/b12-1-,22-3?. The second-order valence-electron chi connectivity index (χ2n) is 6.28. The van der Waals surface area contributed by atoms with Gasteiger partial charge in [0.1, 0.15) is 13.2 Å². The number of hydrogen-bond acceptors (Lipinski definition) is 5. The van der Waals surface area contributed by atoms with Crippen LogP contribution in [0.4, 0.5) is 0 Å². The minimum Gasteiger partial charge on any atom is -0.480 e. The maximum Gasteiger partial charge on any atom is 0.325 e. The Bertz CT molecular complexity index is 1010. The number of nitrogens with one attached hydrogen (secondary N) is 1. The van der Waals surface area contributed by atoms with Crippen LogP contribution in [0.25, 0.3) is 16.6 Å². The average molecular weight is 425 g/mol. The van der Waals surface area contributed by atoms with Crippen LogP contribution >= 0.6 is 23.2 Å². The van der Waals surface area contributed by atoms with Gasteiger partial charge < -0.3 is 25.8 Å². The van der Waals surface area contributed by atoms with E-state index in [1.54, 1.807) is 11.0 Å². The maximum atomic E-state index is 11.9. The summed E-state index contributed by atoms with van der Waals surface area (Å²) in [5.74, 6) is -1.40. The molecule has 2 aromatic rings. The summed E-state index contributed by atoms with van der Waals surface area (Å²) < 4.78 is 0. The highest BCUT2D eigenvalue weighted by atomic mass is 35.5. The number of nitrogens with zero attached hydrogens (tertiary/aromatic N) is 2. The van der Waals surface area contributed by atoms with E-state index in [2.05, 4.69) is 9.98 Å². The minimum atomic E-state index is -1.05. The number of nitrogens with two attached hydrogens (primary N) is 1. The summed E-state index contributed by atoms with van der Waals surface area (Å²) in [5, 5.41) is 19.2. The fourth-order valence-corrected chi connectivity index (χ4v) is 3.63. The van der Waals surface area contributed by atoms with Crippen molar-refractivity contribution in [3.63, 3.8) is 0 Å². The number of carboxylic acids is 1. The van der Waals surface area contributed by atoms with Crippen LogP contribution in [0.5, 0.6) is 0 Å². The largest absolute Gasteiger partial charge is 0.480 e. The molecule has 0 bridgehead atoms. The number of aliphatic imine (C=N–C) groups is 1. The number of fused-ring (bicyclic) bond motifs is 3. The summed E-state index contributed by atoms with van der Waals surface area (Å²) in [4.78, 5) is 31.1. The predicted molar refractivity (Wildman–Crippen MR) is 108 cm³/mol. The van der Waals surface area contributed by atoms with Crippen LogP contribution in [0.3, 0.4) is 0 Å². The van der Waals surface area contributed by atoms with Crippen LogP contribution in [-0.2, 0) is 22.6 Å². The van der Waals surface area contributed by atoms with Crippen molar-refractivity contribution in [3.8, 4) is 0 Å². The SMILES string of the molecule is N/C(=C\C=NCC(=O)O)c1cc(Cl)c(Cl)c2[nH]c3c(c12)CN(C(=O)CO)CC3. The Kier molecular flexibility index (Phi) is 5.93. The molecule has 8 nitrogen and oxygen atoms in total. The molecule has 10 heteroatoms. The zero-order valence-electron chi connectivity index (χ0n) is 14.7. The molecule has 0 fully saturated rings. The third-order valence-corrected chi connectivity index (χ3v) is 5.31. The molecule has 0 saturated heterocycles. The molecule has 1 aromatic heterocycles. The monoisotopic (exact) mass is 424 g/mol. The number of aliphatic hydroxyl groups is 1. The molecule has 1 aromatic carbocycles. The first-order chi connectivity index (χ1) is 13.3. The second-order valence-corrected chi connectivity index (χ2v) is 7.07. The topological polar surface area (TPSA) is 132 Å². The van der Waals surface area contributed by atoms with Crippen LogP contribution in [0.15, 0.2) is 17.1 Å². The second kappa shape index (κ2) is 8.22. The average Bonchev–Trinajstić information content (AvgIpc) is 3.06. The van der Waals surface area contributed by atoms with Gasteiger partial charge in [-0.3, -0.25) is 14.6 Å². The highest BCUT2D eigenvalue weighted by Crippen LogP contribution is 2.39. The van der Waals surface area contributed by atoms with Gasteiger partial charge in [0, 0.05) is 53.6 Å². The normalized spacial score (nSPS) is 14.7. The first-order valence-electron chi connectivity index (χ1n) is 8.41. The van der Waals surface area contributed by atoms with Crippen molar-refractivity contribution in [2.24, 2.45) is 10.7 Å². The zero-order chi connectivity index (χ0) is 20.4. The quantitative estimate of drug-likeness (QED) is 0.543. The summed E-state index contributed by atoms with van der Waals surface area (Å²) >= 11 is 12.6. The number of H-pyrrole nitrogens is 1. The molecule has 0 aliphatic carbocycles. The van der Waals surface area contributed by atoms with Crippen LogP contribution in [-0.4, -0.2) is 57.9 Å². The molecule has 1 aliphatic rings. The highest BCUT2D eigenvalue weighted by Gasteiger charge is 2.26. The molecule has 1 aliphatic heterocycles. The van der Waals surface area contributed by atoms with E-state index in [0.29, 0.717) is 46.3 Å².